The number of carbonyl (C=O) groups is 1. The molecule has 1 fully saturated rings. The first-order valence-electron chi connectivity index (χ1n) is 8.25. The Morgan fingerprint density at radius 2 is 2.08 bits per heavy atom. The number of amides is 1. The first kappa shape index (κ1) is 16.4. The number of para-hydroxylation sites is 1. The molecule has 0 saturated carbocycles. The van der Waals surface area contributed by atoms with Gasteiger partial charge in [0.05, 0.1) is 31.0 Å². The van der Waals surface area contributed by atoms with Gasteiger partial charge in [-0.1, -0.05) is 17.3 Å². The Bertz CT molecular complexity index is 693. The average molecular weight is 330 g/mol. The van der Waals surface area contributed by atoms with E-state index < -0.39 is 0 Å². The lowest BCUT2D eigenvalue weighted by atomic mass is 10.0. The van der Waals surface area contributed by atoms with Crippen LogP contribution in [0.2, 0.25) is 0 Å². The molecule has 0 radical (unpaired) electrons. The van der Waals surface area contributed by atoms with Crippen LogP contribution in [0.25, 0.3) is 0 Å². The quantitative estimate of drug-likeness (QED) is 0.901. The van der Waals surface area contributed by atoms with Gasteiger partial charge in [0.2, 0.25) is 0 Å². The maximum absolute atomic E-state index is 12.8. The standard InChI is InChI=1S/C17H22N4O3/c1-2-24-16-6-4-3-5-15(16)17(23)20-9-7-14(8-10-20)21-11-13(12-22)18-19-21/h3-6,11,14,22H,2,7-10,12H2,1H3. The summed E-state index contributed by atoms with van der Waals surface area (Å²) in [6.45, 7) is 3.67. The number of aliphatic hydroxyl groups excluding tert-OH is 1. The Balaban J connectivity index is 1.65. The summed E-state index contributed by atoms with van der Waals surface area (Å²) >= 11 is 0. The SMILES string of the molecule is CCOc1ccccc1C(=O)N1CCC(n2cc(CO)nn2)CC1. The van der Waals surface area contributed by atoms with Crippen molar-refractivity contribution in [1.82, 2.24) is 19.9 Å². The van der Waals surface area contributed by atoms with Gasteiger partial charge in [-0.05, 0) is 31.9 Å². The van der Waals surface area contributed by atoms with Crippen LogP contribution in [-0.2, 0) is 6.61 Å². The third kappa shape index (κ3) is 3.41. The highest BCUT2D eigenvalue weighted by Gasteiger charge is 2.26. The Morgan fingerprint density at radius 1 is 1.33 bits per heavy atom. The maximum atomic E-state index is 12.8. The van der Waals surface area contributed by atoms with Crippen molar-refractivity contribution in [2.24, 2.45) is 0 Å². The summed E-state index contributed by atoms with van der Waals surface area (Å²) in [6.07, 6.45) is 3.40. The molecule has 0 unspecified atom stereocenters. The van der Waals surface area contributed by atoms with Crippen LogP contribution < -0.4 is 4.74 Å². The highest BCUT2D eigenvalue weighted by molar-refractivity contribution is 5.97. The predicted molar refractivity (Wildman–Crippen MR) is 87.7 cm³/mol. The molecule has 0 atom stereocenters. The maximum Gasteiger partial charge on any atom is 0.257 e. The molecule has 1 amide bonds. The number of ether oxygens (including phenoxy) is 1. The van der Waals surface area contributed by atoms with E-state index in [0.29, 0.717) is 36.7 Å². The van der Waals surface area contributed by atoms with E-state index in [0.717, 1.165) is 12.8 Å². The molecule has 7 heteroatoms. The minimum atomic E-state index is -0.106. The number of carbonyl (C=O) groups excluding carboxylic acids is 1. The van der Waals surface area contributed by atoms with Gasteiger partial charge in [-0.3, -0.25) is 4.79 Å². The van der Waals surface area contributed by atoms with Gasteiger partial charge in [0.15, 0.2) is 0 Å². The van der Waals surface area contributed by atoms with E-state index in [9.17, 15) is 4.79 Å². The van der Waals surface area contributed by atoms with E-state index in [1.807, 2.05) is 36.1 Å². The van der Waals surface area contributed by atoms with Gasteiger partial charge in [0.25, 0.3) is 5.91 Å². The van der Waals surface area contributed by atoms with Crippen molar-refractivity contribution >= 4 is 5.91 Å². The number of aliphatic hydroxyl groups is 1. The van der Waals surface area contributed by atoms with Crippen molar-refractivity contribution in [3.8, 4) is 5.75 Å². The Morgan fingerprint density at radius 3 is 2.75 bits per heavy atom. The predicted octanol–water partition coefficient (Wildman–Crippen LogP) is 1.65. The monoisotopic (exact) mass is 330 g/mol. The summed E-state index contributed by atoms with van der Waals surface area (Å²) in [5.74, 6) is 0.642. The average Bonchev–Trinajstić information content (AvgIpc) is 3.11. The largest absolute Gasteiger partial charge is 0.493 e. The summed E-state index contributed by atoms with van der Waals surface area (Å²) in [5, 5.41) is 17.0. The molecule has 0 aliphatic carbocycles. The van der Waals surface area contributed by atoms with E-state index in [1.165, 1.54) is 0 Å². The second-order valence-corrected chi connectivity index (χ2v) is 5.80. The van der Waals surface area contributed by atoms with Crippen molar-refractivity contribution in [3.05, 3.63) is 41.7 Å². The Labute approximate surface area is 140 Å². The molecule has 1 N–H and O–H groups in total. The first-order valence-corrected chi connectivity index (χ1v) is 8.25. The van der Waals surface area contributed by atoms with Crippen LogP contribution in [-0.4, -0.2) is 50.6 Å². The van der Waals surface area contributed by atoms with Crippen molar-refractivity contribution in [2.45, 2.75) is 32.4 Å². The van der Waals surface area contributed by atoms with Gasteiger partial charge < -0.3 is 14.7 Å². The van der Waals surface area contributed by atoms with Crippen molar-refractivity contribution in [2.75, 3.05) is 19.7 Å². The number of piperidine rings is 1. The molecule has 1 aromatic heterocycles. The number of hydrogen-bond acceptors (Lipinski definition) is 5. The molecule has 128 valence electrons. The lowest BCUT2D eigenvalue weighted by Crippen LogP contribution is -2.39. The minimum Gasteiger partial charge on any atom is -0.493 e. The molecule has 7 nitrogen and oxygen atoms in total. The van der Waals surface area contributed by atoms with Gasteiger partial charge in [0.1, 0.15) is 11.4 Å². The molecule has 1 aliphatic heterocycles. The zero-order valence-corrected chi connectivity index (χ0v) is 13.8. The van der Waals surface area contributed by atoms with Gasteiger partial charge in [0, 0.05) is 13.1 Å². The zero-order valence-electron chi connectivity index (χ0n) is 13.8. The van der Waals surface area contributed by atoms with Crippen LogP contribution in [0.1, 0.15) is 41.9 Å². The van der Waals surface area contributed by atoms with Crippen LogP contribution >= 0.6 is 0 Å². The molecule has 0 spiro atoms. The molecule has 1 aliphatic rings. The number of nitrogens with zero attached hydrogens (tertiary/aromatic N) is 4. The number of benzene rings is 1. The smallest absolute Gasteiger partial charge is 0.257 e. The summed E-state index contributed by atoms with van der Waals surface area (Å²) in [6, 6.07) is 7.58. The van der Waals surface area contributed by atoms with Gasteiger partial charge in [-0.2, -0.15) is 0 Å². The summed E-state index contributed by atoms with van der Waals surface area (Å²) in [5.41, 5.74) is 1.18. The summed E-state index contributed by atoms with van der Waals surface area (Å²) in [4.78, 5) is 14.6. The fourth-order valence-corrected chi connectivity index (χ4v) is 2.99. The van der Waals surface area contributed by atoms with Gasteiger partial charge in [-0.25, -0.2) is 4.68 Å². The molecule has 2 heterocycles. The second kappa shape index (κ2) is 7.44. The van der Waals surface area contributed by atoms with E-state index in [-0.39, 0.29) is 18.6 Å². The third-order valence-electron chi connectivity index (χ3n) is 4.26. The lowest BCUT2D eigenvalue weighted by molar-refractivity contribution is 0.0685. The highest BCUT2D eigenvalue weighted by Crippen LogP contribution is 2.25. The highest BCUT2D eigenvalue weighted by atomic mass is 16.5. The van der Waals surface area contributed by atoms with Crippen molar-refractivity contribution in [1.29, 1.82) is 0 Å². The fourth-order valence-electron chi connectivity index (χ4n) is 2.99. The summed E-state index contributed by atoms with van der Waals surface area (Å²) in [7, 11) is 0. The molecule has 24 heavy (non-hydrogen) atoms. The van der Waals surface area contributed by atoms with Crippen molar-refractivity contribution < 1.29 is 14.6 Å². The fraction of sp³-hybridized carbons (Fsp3) is 0.471. The summed E-state index contributed by atoms with van der Waals surface area (Å²) < 4.78 is 7.35. The lowest BCUT2D eigenvalue weighted by Gasteiger charge is -2.32. The number of hydrogen-bond donors (Lipinski definition) is 1. The minimum absolute atomic E-state index is 0.00661. The first-order chi connectivity index (χ1) is 11.7. The molecule has 2 aromatic rings. The Hall–Kier alpha value is -2.41. The van der Waals surface area contributed by atoms with E-state index in [1.54, 1.807) is 10.9 Å². The molecular formula is C17H22N4O3. The van der Waals surface area contributed by atoms with Gasteiger partial charge >= 0.3 is 0 Å². The number of aromatic nitrogens is 3. The van der Waals surface area contributed by atoms with E-state index >= 15 is 0 Å². The Kier molecular flexibility index (Phi) is 5.10. The van der Waals surface area contributed by atoms with Crippen LogP contribution in [0.5, 0.6) is 5.75 Å². The zero-order chi connectivity index (χ0) is 16.9. The van der Waals surface area contributed by atoms with Crippen molar-refractivity contribution in [3.63, 3.8) is 0 Å². The topological polar surface area (TPSA) is 80.5 Å². The van der Waals surface area contributed by atoms with E-state index in [2.05, 4.69) is 10.3 Å². The van der Waals surface area contributed by atoms with Crippen LogP contribution in [0.4, 0.5) is 0 Å². The van der Waals surface area contributed by atoms with Crippen LogP contribution in [0, 0.1) is 0 Å². The van der Waals surface area contributed by atoms with E-state index in [4.69, 9.17) is 9.84 Å². The number of rotatable bonds is 5. The van der Waals surface area contributed by atoms with Crippen LogP contribution in [0.15, 0.2) is 30.5 Å². The second-order valence-electron chi connectivity index (χ2n) is 5.80. The molecule has 1 saturated heterocycles. The third-order valence-corrected chi connectivity index (χ3v) is 4.26. The molecule has 0 bridgehead atoms. The number of likely N-dealkylation sites (tertiary alicyclic amines) is 1. The molecule has 1 aromatic carbocycles. The normalized spacial score (nSPS) is 15.5. The molecular weight excluding hydrogens is 308 g/mol. The van der Waals surface area contributed by atoms with Gasteiger partial charge in [-0.15, -0.1) is 5.10 Å². The van der Waals surface area contributed by atoms with Crippen LogP contribution in [0.3, 0.4) is 0 Å². The molecule has 3 rings (SSSR count).